The molecule has 3 amide bonds. The number of aromatic nitrogens is 2. The summed E-state index contributed by atoms with van der Waals surface area (Å²) in [5.74, 6) is -2.01. The highest BCUT2D eigenvalue weighted by molar-refractivity contribution is 5.93. The zero-order valence-electron chi connectivity index (χ0n) is 25.5. The summed E-state index contributed by atoms with van der Waals surface area (Å²) in [4.78, 5) is 48.1. The summed E-state index contributed by atoms with van der Waals surface area (Å²) >= 11 is 0. The minimum absolute atomic E-state index is 0.0514. The smallest absolute Gasteiger partial charge is 0.410 e. The van der Waals surface area contributed by atoms with E-state index >= 15 is 0 Å². The Morgan fingerprint density at radius 1 is 0.791 bits per heavy atom. The maximum Gasteiger partial charge on any atom is 0.410 e. The van der Waals surface area contributed by atoms with Crippen LogP contribution in [0, 0.1) is 11.9 Å². The number of pyridine rings is 2. The molecular formula is C29H42F2N8O4. The van der Waals surface area contributed by atoms with Gasteiger partial charge in [-0.3, -0.25) is 9.59 Å². The molecule has 236 valence electrons. The van der Waals surface area contributed by atoms with E-state index in [0.717, 1.165) is 26.2 Å². The molecule has 0 aromatic carbocycles. The van der Waals surface area contributed by atoms with E-state index in [1.807, 2.05) is 37.5 Å². The van der Waals surface area contributed by atoms with Crippen molar-refractivity contribution in [1.29, 1.82) is 0 Å². The highest BCUT2D eigenvalue weighted by Crippen LogP contribution is 2.21. The predicted molar refractivity (Wildman–Crippen MR) is 160 cm³/mol. The van der Waals surface area contributed by atoms with Crippen molar-refractivity contribution in [2.24, 2.45) is 0 Å². The molecule has 4 rings (SSSR count). The molecule has 2 aromatic rings. The molecule has 14 heteroatoms. The van der Waals surface area contributed by atoms with E-state index in [9.17, 15) is 23.2 Å². The largest absolute Gasteiger partial charge is 0.444 e. The topological polar surface area (TPSA) is 132 Å². The van der Waals surface area contributed by atoms with E-state index in [1.165, 1.54) is 6.07 Å². The van der Waals surface area contributed by atoms with E-state index in [0.29, 0.717) is 50.6 Å². The van der Waals surface area contributed by atoms with Gasteiger partial charge in [-0.25, -0.2) is 14.8 Å². The Hall–Kier alpha value is -4.07. The highest BCUT2D eigenvalue weighted by Gasteiger charge is 2.27. The molecule has 0 unspecified atom stereocenters. The van der Waals surface area contributed by atoms with Gasteiger partial charge in [-0.2, -0.15) is 8.78 Å². The fraction of sp³-hybridized carbons (Fsp3) is 0.552. The molecule has 43 heavy (non-hydrogen) atoms. The molecule has 2 saturated heterocycles. The molecule has 2 aromatic heterocycles. The maximum absolute atomic E-state index is 14.3. The van der Waals surface area contributed by atoms with Crippen molar-refractivity contribution in [3.8, 4) is 0 Å². The Morgan fingerprint density at radius 3 is 1.63 bits per heavy atom. The maximum atomic E-state index is 14.3. The summed E-state index contributed by atoms with van der Waals surface area (Å²) in [7, 11) is 0. The van der Waals surface area contributed by atoms with Crippen LogP contribution in [-0.2, 0) is 4.74 Å². The SMILES string of the molecule is CCNC(=O)c1ccc(N2CCN(C(=O)OC(C)(C)C)CC2)c(F)n1.CCNC(=O)c1ccc(N2CCNCC2)c(F)n1. The van der Waals surface area contributed by atoms with Crippen LogP contribution in [0.15, 0.2) is 24.3 Å². The first-order chi connectivity index (χ1) is 20.4. The summed E-state index contributed by atoms with van der Waals surface area (Å²) in [5, 5.41) is 8.38. The molecule has 12 nitrogen and oxygen atoms in total. The number of anilines is 2. The molecule has 0 saturated carbocycles. The van der Waals surface area contributed by atoms with Crippen molar-refractivity contribution in [2.75, 3.05) is 75.2 Å². The van der Waals surface area contributed by atoms with Gasteiger partial charge in [0.2, 0.25) is 11.9 Å². The average molecular weight is 605 g/mol. The summed E-state index contributed by atoms with van der Waals surface area (Å²) in [6.07, 6.45) is -0.364. The molecular weight excluding hydrogens is 562 g/mol. The summed E-state index contributed by atoms with van der Waals surface area (Å²) < 4.78 is 33.5. The van der Waals surface area contributed by atoms with E-state index < -0.39 is 23.4 Å². The van der Waals surface area contributed by atoms with Gasteiger partial charge in [-0.1, -0.05) is 0 Å². The number of amides is 3. The summed E-state index contributed by atoms with van der Waals surface area (Å²) in [5.41, 5.74) is 0.421. The third kappa shape index (κ3) is 9.73. The number of carbonyl (C=O) groups excluding carboxylic acids is 3. The van der Waals surface area contributed by atoms with Crippen LogP contribution in [0.1, 0.15) is 55.6 Å². The number of halogens is 2. The van der Waals surface area contributed by atoms with Gasteiger partial charge in [0, 0.05) is 65.4 Å². The lowest BCUT2D eigenvalue weighted by Crippen LogP contribution is -2.50. The lowest BCUT2D eigenvalue weighted by Gasteiger charge is -2.36. The molecule has 0 aliphatic carbocycles. The second-order valence-corrected chi connectivity index (χ2v) is 10.9. The number of nitrogens with zero attached hydrogens (tertiary/aromatic N) is 5. The summed E-state index contributed by atoms with van der Waals surface area (Å²) in [6, 6.07) is 6.24. The second kappa shape index (κ2) is 15.4. The third-order valence-electron chi connectivity index (χ3n) is 6.53. The number of hydrogen-bond donors (Lipinski definition) is 3. The Labute approximate surface area is 251 Å². The Morgan fingerprint density at radius 2 is 1.23 bits per heavy atom. The van der Waals surface area contributed by atoms with Gasteiger partial charge < -0.3 is 35.4 Å². The van der Waals surface area contributed by atoms with E-state index in [2.05, 4.69) is 25.9 Å². The van der Waals surface area contributed by atoms with Gasteiger partial charge >= 0.3 is 6.09 Å². The fourth-order valence-corrected chi connectivity index (χ4v) is 4.44. The van der Waals surface area contributed by atoms with Crippen molar-refractivity contribution in [3.05, 3.63) is 47.5 Å². The molecule has 2 aliphatic heterocycles. The van der Waals surface area contributed by atoms with Gasteiger partial charge in [0.05, 0.1) is 11.4 Å². The van der Waals surface area contributed by atoms with Crippen LogP contribution in [0.3, 0.4) is 0 Å². The van der Waals surface area contributed by atoms with Crippen LogP contribution in [0.4, 0.5) is 25.0 Å². The molecule has 0 radical (unpaired) electrons. The van der Waals surface area contributed by atoms with Crippen molar-refractivity contribution in [2.45, 2.75) is 40.2 Å². The van der Waals surface area contributed by atoms with Crippen molar-refractivity contribution < 1.29 is 27.9 Å². The number of hydrogen-bond acceptors (Lipinski definition) is 9. The Kier molecular flexibility index (Phi) is 12.0. The van der Waals surface area contributed by atoms with Crippen molar-refractivity contribution >= 4 is 29.3 Å². The Bertz CT molecular complexity index is 1260. The quantitative estimate of drug-likeness (QED) is 0.426. The van der Waals surface area contributed by atoms with Gasteiger partial charge in [0.1, 0.15) is 17.0 Å². The number of rotatable bonds is 6. The first kappa shape index (κ1) is 33.4. The molecule has 0 atom stereocenters. The van der Waals surface area contributed by atoms with Crippen LogP contribution in [0.25, 0.3) is 0 Å². The number of piperazine rings is 2. The lowest BCUT2D eigenvalue weighted by molar-refractivity contribution is 0.0240. The molecule has 0 spiro atoms. The monoisotopic (exact) mass is 604 g/mol. The molecule has 0 bridgehead atoms. The third-order valence-corrected chi connectivity index (χ3v) is 6.53. The Balaban J connectivity index is 0.000000248. The molecule has 2 fully saturated rings. The van der Waals surface area contributed by atoms with Gasteiger partial charge in [0.25, 0.3) is 11.8 Å². The van der Waals surface area contributed by atoms with Crippen LogP contribution in [-0.4, -0.2) is 104 Å². The minimum atomic E-state index is -0.686. The average Bonchev–Trinajstić information content (AvgIpc) is 2.97. The van der Waals surface area contributed by atoms with Gasteiger partial charge in [-0.05, 0) is 58.9 Å². The lowest BCUT2D eigenvalue weighted by atomic mass is 10.2. The summed E-state index contributed by atoms with van der Waals surface area (Å²) in [6.45, 7) is 15.0. The van der Waals surface area contributed by atoms with E-state index in [-0.39, 0.29) is 23.4 Å². The fourth-order valence-electron chi connectivity index (χ4n) is 4.44. The number of nitrogens with one attached hydrogen (secondary N) is 3. The highest BCUT2D eigenvalue weighted by atomic mass is 19.1. The first-order valence-electron chi connectivity index (χ1n) is 14.5. The van der Waals surface area contributed by atoms with Crippen molar-refractivity contribution in [3.63, 3.8) is 0 Å². The zero-order valence-corrected chi connectivity index (χ0v) is 25.5. The standard InChI is InChI=1S/C17H25FN4O3.C12H17FN4O/c1-5-19-15(23)12-6-7-13(14(18)20-12)21-8-10-22(11-9-21)16(24)25-17(2,3)4;1-2-15-12(18)9-3-4-10(11(13)16-9)17-7-5-14-6-8-17/h6-7H,5,8-11H2,1-4H3,(H,19,23);3-4,14H,2,5-8H2,1H3,(H,15,18). The minimum Gasteiger partial charge on any atom is -0.444 e. The first-order valence-corrected chi connectivity index (χ1v) is 14.5. The molecule has 4 heterocycles. The second-order valence-electron chi connectivity index (χ2n) is 10.9. The van der Waals surface area contributed by atoms with Gasteiger partial charge in [0.15, 0.2) is 0 Å². The van der Waals surface area contributed by atoms with E-state index in [1.54, 1.807) is 30.0 Å². The van der Waals surface area contributed by atoms with E-state index in [4.69, 9.17) is 4.74 Å². The van der Waals surface area contributed by atoms with Crippen LogP contribution < -0.4 is 25.8 Å². The zero-order chi connectivity index (χ0) is 31.6. The van der Waals surface area contributed by atoms with Crippen LogP contribution in [0.2, 0.25) is 0 Å². The van der Waals surface area contributed by atoms with Gasteiger partial charge in [-0.15, -0.1) is 0 Å². The molecule has 3 N–H and O–H groups in total. The van der Waals surface area contributed by atoms with Crippen LogP contribution >= 0.6 is 0 Å². The number of carbonyl (C=O) groups is 3. The van der Waals surface area contributed by atoms with Crippen molar-refractivity contribution in [1.82, 2.24) is 30.8 Å². The number of ether oxygens (including phenoxy) is 1. The molecule has 2 aliphatic rings. The normalized spacial score (nSPS) is 15.3. The van der Waals surface area contributed by atoms with Crippen LogP contribution in [0.5, 0.6) is 0 Å². The predicted octanol–water partition coefficient (Wildman–Crippen LogP) is 2.41.